The van der Waals surface area contributed by atoms with E-state index < -0.39 is 0 Å². The van der Waals surface area contributed by atoms with Crippen molar-refractivity contribution in [2.45, 2.75) is 96.3 Å². The molecule has 5 heteroatoms. The number of carbonyl (C=O) groups excluding carboxylic acids is 2. The van der Waals surface area contributed by atoms with Gasteiger partial charge in [-0.2, -0.15) is 4.65 Å². The van der Waals surface area contributed by atoms with E-state index in [1.165, 1.54) is 57.8 Å². The Bertz CT molecular complexity index is 403. The number of hydrogen-bond donors (Lipinski definition) is 2. The van der Waals surface area contributed by atoms with Gasteiger partial charge in [0.15, 0.2) is 0 Å². The Kier molecular flexibility index (Phi) is 18.3. The number of nitrogens with one attached hydrogen (secondary N) is 1. The fourth-order valence-electron chi connectivity index (χ4n) is 3.12. The summed E-state index contributed by atoms with van der Waals surface area (Å²) in [4.78, 5) is 21.9. The van der Waals surface area contributed by atoms with E-state index >= 15 is 0 Å². The lowest BCUT2D eigenvalue weighted by Gasteiger charge is -2.19. The van der Waals surface area contributed by atoms with Crippen LogP contribution in [0.5, 0.6) is 0 Å². The van der Waals surface area contributed by atoms with Gasteiger partial charge in [-0.1, -0.05) is 50.7 Å². The minimum absolute atomic E-state index is 0.0471. The molecule has 0 bridgehead atoms. The number of allylic oxidation sites excluding steroid dienone is 2. The summed E-state index contributed by atoms with van der Waals surface area (Å²) < 4.78 is -0.0471. The predicted octanol–water partition coefficient (Wildman–Crippen LogP) is 5.17. The predicted molar refractivity (Wildman–Crippen MR) is 116 cm³/mol. The van der Waals surface area contributed by atoms with Crippen molar-refractivity contribution in [2.24, 2.45) is 0 Å². The lowest BCUT2D eigenvalue weighted by Crippen LogP contribution is -2.38. The number of hydroxylamine groups is 3. The maximum absolute atomic E-state index is 11.7. The Balaban J connectivity index is 3.26. The third-order valence-electron chi connectivity index (χ3n) is 4.84. The highest BCUT2D eigenvalue weighted by atomic mass is 16.5. The Morgan fingerprint density at radius 2 is 1.29 bits per heavy atom. The molecule has 0 aromatic heterocycles. The molecule has 1 amide bonds. The summed E-state index contributed by atoms with van der Waals surface area (Å²) in [6.07, 6.45) is 21.9. The topological polar surface area (TPSA) is 66.4 Å². The van der Waals surface area contributed by atoms with Crippen LogP contribution in [0.3, 0.4) is 0 Å². The molecule has 0 atom stereocenters. The Labute approximate surface area is 173 Å². The number of nitrogens with zero attached hydrogens (tertiary/aromatic N) is 1. The molecule has 28 heavy (non-hydrogen) atoms. The molecule has 0 saturated heterocycles. The van der Waals surface area contributed by atoms with Crippen LogP contribution in [-0.2, 0) is 9.59 Å². The highest BCUT2D eigenvalue weighted by Crippen LogP contribution is 2.09. The maximum atomic E-state index is 11.7. The normalized spacial score (nSPS) is 11.8. The Morgan fingerprint density at radius 1 is 0.786 bits per heavy atom. The number of quaternary nitrogens is 1. The highest BCUT2D eigenvalue weighted by molar-refractivity contribution is 5.75. The fraction of sp³-hybridized carbons (Fsp3) is 0.826. The number of unbranched alkanes of at least 4 members (excludes halogenated alkanes) is 11. The molecular weight excluding hydrogens is 352 g/mol. The van der Waals surface area contributed by atoms with Crippen LogP contribution < -0.4 is 5.32 Å². The lowest BCUT2D eigenvalue weighted by atomic mass is 10.1. The van der Waals surface area contributed by atoms with Crippen LogP contribution in [0, 0.1) is 0 Å². The smallest absolute Gasteiger partial charge is 0.219 e. The lowest BCUT2D eigenvalue weighted by molar-refractivity contribution is -1.07. The van der Waals surface area contributed by atoms with Crippen LogP contribution in [0.1, 0.15) is 96.3 Å². The monoisotopic (exact) mass is 397 g/mol. The first-order chi connectivity index (χ1) is 13.5. The molecular formula is C23H45N2O3+. The van der Waals surface area contributed by atoms with Crippen molar-refractivity contribution in [3.05, 3.63) is 12.2 Å². The van der Waals surface area contributed by atoms with E-state index in [0.717, 1.165) is 38.4 Å². The molecule has 0 heterocycles. The number of rotatable bonds is 20. The molecule has 0 radical (unpaired) electrons. The van der Waals surface area contributed by atoms with Crippen molar-refractivity contribution in [1.29, 1.82) is 0 Å². The second-order valence-electron chi connectivity index (χ2n) is 8.34. The van der Waals surface area contributed by atoms with Gasteiger partial charge in [0.1, 0.15) is 12.8 Å². The van der Waals surface area contributed by atoms with Gasteiger partial charge in [0.2, 0.25) is 5.91 Å². The van der Waals surface area contributed by atoms with Crippen molar-refractivity contribution >= 4 is 12.2 Å². The zero-order valence-electron chi connectivity index (χ0n) is 18.5. The van der Waals surface area contributed by atoms with Crippen molar-refractivity contribution in [2.75, 3.05) is 27.2 Å². The maximum Gasteiger partial charge on any atom is 0.219 e. The van der Waals surface area contributed by atoms with E-state index in [1.807, 2.05) is 0 Å². The summed E-state index contributed by atoms with van der Waals surface area (Å²) in [7, 11) is 3.47. The van der Waals surface area contributed by atoms with Crippen LogP contribution in [0.4, 0.5) is 0 Å². The summed E-state index contributed by atoms with van der Waals surface area (Å²) >= 11 is 0. The molecule has 2 N–H and O–H groups in total. The molecule has 0 unspecified atom stereocenters. The minimum atomic E-state index is -0.0471. The quantitative estimate of drug-likeness (QED) is 0.0978. The summed E-state index contributed by atoms with van der Waals surface area (Å²) in [6.45, 7) is 1.30. The molecule has 164 valence electrons. The number of hydrogen-bond acceptors (Lipinski definition) is 3. The molecule has 0 aliphatic heterocycles. The third-order valence-corrected chi connectivity index (χ3v) is 4.84. The molecule has 0 aromatic carbocycles. The average Bonchev–Trinajstić information content (AvgIpc) is 2.64. The first kappa shape index (κ1) is 26.8. The number of carbonyl (C=O) groups is 2. The van der Waals surface area contributed by atoms with Gasteiger partial charge in [0.05, 0.1) is 14.1 Å². The molecule has 0 spiro atoms. The molecule has 0 saturated carbocycles. The van der Waals surface area contributed by atoms with E-state index in [2.05, 4.69) is 17.5 Å². The van der Waals surface area contributed by atoms with Gasteiger partial charge >= 0.3 is 0 Å². The molecule has 0 aromatic rings. The van der Waals surface area contributed by atoms with Gasteiger partial charge < -0.3 is 10.1 Å². The Hall–Kier alpha value is -1.20. The summed E-state index contributed by atoms with van der Waals surface area (Å²) in [6, 6.07) is 0. The summed E-state index contributed by atoms with van der Waals surface area (Å²) in [5.74, 6) is 0.134. The second kappa shape index (κ2) is 19.1. The number of aldehydes is 1. The molecule has 0 aliphatic rings. The van der Waals surface area contributed by atoms with Gasteiger partial charge in [-0.15, -0.1) is 0 Å². The van der Waals surface area contributed by atoms with Crippen LogP contribution in [0.25, 0.3) is 0 Å². The standard InChI is InChI=1S/C23H44N2O3/c1-25(2,28)21-18-20-24-23(27)19-16-14-12-10-8-6-4-3-5-7-9-11-13-15-17-22-26/h3-4,22,28H,5-21H2,1-2H3/p+1/b4-3+. The van der Waals surface area contributed by atoms with Crippen LogP contribution in [0.15, 0.2) is 12.2 Å². The zero-order valence-corrected chi connectivity index (χ0v) is 18.5. The van der Waals surface area contributed by atoms with Gasteiger partial charge in [-0.3, -0.25) is 4.79 Å². The van der Waals surface area contributed by atoms with Crippen molar-refractivity contribution in [3.63, 3.8) is 0 Å². The van der Waals surface area contributed by atoms with Gasteiger partial charge in [0, 0.05) is 25.8 Å². The molecule has 0 aliphatic carbocycles. The highest BCUT2D eigenvalue weighted by Gasteiger charge is 2.09. The molecule has 0 fully saturated rings. The summed E-state index contributed by atoms with van der Waals surface area (Å²) in [5, 5.41) is 12.5. The first-order valence-electron chi connectivity index (χ1n) is 11.4. The van der Waals surface area contributed by atoms with E-state index in [0.29, 0.717) is 19.5 Å². The van der Waals surface area contributed by atoms with Gasteiger partial charge in [-0.05, 0) is 38.5 Å². The number of amides is 1. The first-order valence-corrected chi connectivity index (χ1v) is 11.4. The van der Waals surface area contributed by atoms with Crippen LogP contribution >= 0.6 is 0 Å². The van der Waals surface area contributed by atoms with Crippen molar-refractivity contribution < 1.29 is 19.4 Å². The third kappa shape index (κ3) is 22.8. The van der Waals surface area contributed by atoms with Gasteiger partial charge in [-0.25, -0.2) is 5.21 Å². The zero-order chi connectivity index (χ0) is 20.9. The van der Waals surface area contributed by atoms with Crippen LogP contribution in [-0.4, -0.2) is 49.2 Å². The average molecular weight is 398 g/mol. The van der Waals surface area contributed by atoms with Crippen molar-refractivity contribution in [1.82, 2.24) is 5.32 Å². The van der Waals surface area contributed by atoms with E-state index in [-0.39, 0.29) is 10.6 Å². The second-order valence-corrected chi connectivity index (χ2v) is 8.34. The SMILES string of the molecule is C[N+](C)(O)CCCNC(=O)CCCCCCC/C=C/CCCCCCCC=O. The van der Waals surface area contributed by atoms with E-state index in [1.54, 1.807) is 14.1 Å². The molecule has 5 nitrogen and oxygen atoms in total. The van der Waals surface area contributed by atoms with Crippen molar-refractivity contribution in [3.8, 4) is 0 Å². The van der Waals surface area contributed by atoms with Crippen LogP contribution in [0.2, 0.25) is 0 Å². The Morgan fingerprint density at radius 3 is 1.82 bits per heavy atom. The largest absolute Gasteiger partial charge is 0.356 e. The van der Waals surface area contributed by atoms with Gasteiger partial charge in [0.25, 0.3) is 0 Å². The van der Waals surface area contributed by atoms with E-state index in [9.17, 15) is 14.8 Å². The summed E-state index contributed by atoms with van der Waals surface area (Å²) in [5.41, 5.74) is 0. The molecule has 0 rings (SSSR count). The van der Waals surface area contributed by atoms with E-state index in [4.69, 9.17) is 0 Å². The fourth-order valence-corrected chi connectivity index (χ4v) is 3.12. The minimum Gasteiger partial charge on any atom is -0.356 e.